The van der Waals surface area contributed by atoms with Gasteiger partial charge in [-0.2, -0.15) is 0 Å². The molecular formula is C17H24FIN4. The second-order valence-electron chi connectivity index (χ2n) is 5.08. The lowest BCUT2D eigenvalue weighted by molar-refractivity contribution is 0.623. The van der Waals surface area contributed by atoms with Gasteiger partial charge in [-0.15, -0.1) is 24.0 Å². The van der Waals surface area contributed by atoms with Crippen LogP contribution in [0.3, 0.4) is 0 Å². The quantitative estimate of drug-likeness (QED) is 0.307. The standard InChI is InChI=1S/C17H23FN4.HI/c1-19-17(21-10-13-22-11-2-3-12-22)20-9-5-7-15-6-4-8-16(18)14-15;/h2-4,6,8,11-12,14H,5,7,9-10,13H2,1H3,(H2,19,20,21);1H. The first-order chi connectivity index (χ1) is 10.8. The van der Waals surface area contributed by atoms with E-state index in [4.69, 9.17) is 0 Å². The van der Waals surface area contributed by atoms with Crippen LogP contribution in [0.25, 0.3) is 0 Å². The summed E-state index contributed by atoms with van der Waals surface area (Å²) in [5, 5.41) is 6.54. The van der Waals surface area contributed by atoms with Crippen molar-refractivity contribution >= 4 is 29.9 Å². The third kappa shape index (κ3) is 7.49. The van der Waals surface area contributed by atoms with Crippen LogP contribution < -0.4 is 10.6 Å². The molecule has 0 spiro atoms. The molecular weight excluding hydrogens is 406 g/mol. The summed E-state index contributed by atoms with van der Waals surface area (Å²) in [7, 11) is 1.76. The van der Waals surface area contributed by atoms with E-state index in [-0.39, 0.29) is 29.8 Å². The van der Waals surface area contributed by atoms with E-state index in [1.54, 1.807) is 19.2 Å². The van der Waals surface area contributed by atoms with Crippen LogP contribution >= 0.6 is 24.0 Å². The Morgan fingerprint density at radius 3 is 2.57 bits per heavy atom. The van der Waals surface area contributed by atoms with E-state index in [2.05, 4.69) is 20.2 Å². The molecule has 2 N–H and O–H groups in total. The summed E-state index contributed by atoms with van der Waals surface area (Å²) < 4.78 is 15.2. The predicted molar refractivity (Wildman–Crippen MR) is 104 cm³/mol. The summed E-state index contributed by atoms with van der Waals surface area (Å²) in [6, 6.07) is 10.8. The Bertz CT molecular complexity index is 584. The monoisotopic (exact) mass is 430 g/mol. The minimum absolute atomic E-state index is 0. The van der Waals surface area contributed by atoms with Gasteiger partial charge in [-0.25, -0.2) is 4.39 Å². The number of benzene rings is 1. The zero-order valence-corrected chi connectivity index (χ0v) is 15.7. The molecule has 0 unspecified atom stereocenters. The second-order valence-corrected chi connectivity index (χ2v) is 5.08. The van der Waals surface area contributed by atoms with Gasteiger partial charge in [-0.3, -0.25) is 4.99 Å². The Balaban J connectivity index is 0.00000264. The van der Waals surface area contributed by atoms with Gasteiger partial charge in [0.1, 0.15) is 5.82 Å². The molecule has 0 radical (unpaired) electrons. The first kappa shape index (κ1) is 19.5. The van der Waals surface area contributed by atoms with Gasteiger partial charge in [0.05, 0.1) is 0 Å². The van der Waals surface area contributed by atoms with Crippen molar-refractivity contribution in [3.8, 4) is 0 Å². The number of hydrogen-bond donors (Lipinski definition) is 2. The molecule has 23 heavy (non-hydrogen) atoms. The zero-order chi connectivity index (χ0) is 15.6. The number of rotatable bonds is 7. The van der Waals surface area contributed by atoms with Crippen molar-refractivity contribution in [2.45, 2.75) is 19.4 Å². The van der Waals surface area contributed by atoms with Crippen LogP contribution in [-0.4, -0.2) is 30.7 Å². The fourth-order valence-corrected chi connectivity index (χ4v) is 2.24. The number of nitrogens with one attached hydrogen (secondary N) is 2. The molecule has 0 aliphatic rings. The smallest absolute Gasteiger partial charge is 0.191 e. The number of nitrogens with zero attached hydrogens (tertiary/aromatic N) is 2. The lowest BCUT2D eigenvalue weighted by Gasteiger charge is -2.12. The van der Waals surface area contributed by atoms with Gasteiger partial charge >= 0.3 is 0 Å². The number of halogens is 2. The fraction of sp³-hybridized carbons (Fsp3) is 0.353. The molecule has 0 atom stereocenters. The van der Waals surface area contributed by atoms with E-state index in [9.17, 15) is 4.39 Å². The van der Waals surface area contributed by atoms with E-state index < -0.39 is 0 Å². The maximum Gasteiger partial charge on any atom is 0.191 e. The van der Waals surface area contributed by atoms with Crippen LogP contribution in [0, 0.1) is 5.82 Å². The third-order valence-corrected chi connectivity index (χ3v) is 3.38. The summed E-state index contributed by atoms with van der Waals surface area (Å²) in [4.78, 5) is 4.19. The number of aliphatic imine (C=N–C) groups is 1. The Hall–Kier alpha value is -1.57. The maximum absolute atomic E-state index is 13.1. The molecule has 0 fully saturated rings. The lowest BCUT2D eigenvalue weighted by atomic mass is 10.1. The summed E-state index contributed by atoms with van der Waals surface area (Å²) in [6.07, 6.45) is 5.86. The summed E-state index contributed by atoms with van der Waals surface area (Å²) >= 11 is 0. The van der Waals surface area contributed by atoms with Crippen molar-refractivity contribution in [3.63, 3.8) is 0 Å². The second kappa shape index (κ2) is 11.0. The van der Waals surface area contributed by atoms with Crippen LogP contribution in [0.5, 0.6) is 0 Å². The van der Waals surface area contributed by atoms with Crippen LogP contribution in [0.15, 0.2) is 53.8 Å². The highest BCUT2D eigenvalue weighted by molar-refractivity contribution is 14.0. The molecule has 1 heterocycles. The number of hydrogen-bond acceptors (Lipinski definition) is 1. The van der Waals surface area contributed by atoms with Crippen molar-refractivity contribution in [2.24, 2.45) is 4.99 Å². The minimum Gasteiger partial charge on any atom is -0.356 e. The molecule has 1 aromatic heterocycles. The van der Waals surface area contributed by atoms with Crippen molar-refractivity contribution in [2.75, 3.05) is 20.1 Å². The van der Waals surface area contributed by atoms with Gasteiger partial charge in [0, 0.05) is 39.1 Å². The topological polar surface area (TPSA) is 41.4 Å². The van der Waals surface area contributed by atoms with Gasteiger partial charge in [-0.05, 0) is 42.7 Å². The Morgan fingerprint density at radius 2 is 1.87 bits per heavy atom. The molecule has 2 aromatic rings. The molecule has 0 amide bonds. The maximum atomic E-state index is 13.1. The molecule has 126 valence electrons. The Morgan fingerprint density at radius 1 is 1.13 bits per heavy atom. The normalized spacial score (nSPS) is 11.0. The molecule has 4 nitrogen and oxygen atoms in total. The molecule has 0 saturated heterocycles. The van der Waals surface area contributed by atoms with Crippen molar-refractivity contribution in [1.29, 1.82) is 0 Å². The largest absolute Gasteiger partial charge is 0.356 e. The number of guanidine groups is 1. The zero-order valence-electron chi connectivity index (χ0n) is 13.3. The van der Waals surface area contributed by atoms with E-state index in [0.717, 1.165) is 44.0 Å². The van der Waals surface area contributed by atoms with Gasteiger partial charge in [-0.1, -0.05) is 12.1 Å². The lowest BCUT2D eigenvalue weighted by Crippen LogP contribution is -2.39. The highest BCUT2D eigenvalue weighted by Crippen LogP contribution is 2.05. The summed E-state index contributed by atoms with van der Waals surface area (Å²) in [5.41, 5.74) is 1.03. The molecule has 0 aliphatic heterocycles. The average Bonchev–Trinajstić information content (AvgIpc) is 3.03. The van der Waals surface area contributed by atoms with Gasteiger partial charge in [0.2, 0.25) is 0 Å². The third-order valence-electron chi connectivity index (χ3n) is 3.38. The minimum atomic E-state index is -0.173. The van der Waals surface area contributed by atoms with Crippen molar-refractivity contribution in [1.82, 2.24) is 15.2 Å². The predicted octanol–water partition coefficient (Wildman–Crippen LogP) is 3.04. The summed E-state index contributed by atoms with van der Waals surface area (Å²) in [6.45, 7) is 2.52. The molecule has 0 saturated carbocycles. The first-order valence-corrected chi connectivity index (χ1v) is 7.57. The van der Waals surface area contributed by atoms with Gasteiger partial charge in [0.25, 0.3) is 0 Å². The average molecular weight is 430 g/mol. The fourth-order valence-electron chi connectivity index (χ4n) is 2.24. The highest BCUT2D eigenvalue weighted by Gasteiger charge is 1.98. The van der Waals surface area contributed by atoms with Gasteiger partial charge < -0.3 is 15.2 Å². The molecule has 1 aromatic carbocycles. The SMILES string of the molecule is CN=C(NCCCc1cccc(F)c1)NCCn1cccc1.I. The van der Waals surface area contributed by atoms with Crippen molar-refractivity contribution < 1.29 is 4.39 Å². The van der Waals surface area contributed by atoms with E-state index in [0.29, 0.717) is 0 Å². The Kier molecular flexibility index (Phi) is 9.35. The first-order valence-electron chi connectivity index (χ1n) is 7.57. The van der Waals surface area contributed by atoms with Gasteiger partial charge in [0.15, 0.2) is 5.96 Å². The van der Waals surface area contributed by atoms with Crippen molar-refractivity contribution in [3.05, 3.63) is 60.2 Å². The van der Waals surface area contributed by atoms with E-state index in [1.807, 2.05) is 30.6 Å². The van der Waals surface area contributed by atoms with Crippen LogP contribution in [0.4, 0.5) is 4.39 Å². The molecule has 0 aliphatic carbocycles. The van der Waals surface area contributed by atoms with E-state index >= 15 is 0 Å². The highest BCUT2D eigenvalue weighted by atomic mass is 127. The van der Waals surface area contributed by atoms with Crippen LogP contribution in [-0.2, 0) is 13.0 Å². The molecule has 2 rings (SSSR count). The molecule has 0 bridgehead atoms. The van der Waals surface area contributed by atoms with E-state index in [1.165, 1.54) is 6.07 Å². The number of aryl methyl sites for hydroxylation is 1. The van der Waals surface area contributed by atoms with Crippen LogP contribution in [0.1, 0.15) is 12.0 Å². The molecule has 6 heteroatoms. The Labute approximate surface area is 154 Å². The summed E-state index contributed by atoms with van der Waals surface area (Å²) in [5.74, 6) is 0.624. The van der Waals surface area contributed by atoms with Crippen LogP contribution in [0.2, 0.25) is 0 Å². The number of aromatic nitrogens is 1.